The molecule has 4 bridgehead atoms. The monoisotopic (exact) mass is 664 g/mol. The summed E-state index contributed by atoms with van der Waals surface area (Å²) in [6.07, 6.45) is 17.8. The number of likely N-dealkylation sites (tertiary alicyclic amines) is 2. The first-order valence-electron chi connectivity index (χ1n) is 17.8. The number of hydrogen-bond donors (Lipinski definition) is 2. The minimum atomic E-state index is -0.158. The average Bonchev–Trinajstić information content (AvgIpc) is 3.95. The minimum absolute atomic E-state index is 0.0177. The molecule has 3 aliphatic rings. The lowest BCUT2D eigenvalue weighted by Gasteiger charge is -2.17. The molecular formula is C39H48N6O4. The number of aromatic nitrogens is 4. The first kappa shape index (κ1) is 34.2. The van der Waals surface area contributed by atoms with Crippen LogP contribution in [0.2, 0.25) is 0 Å². The SMILES string of the molecule is CCC.O=CN1CCCC1c1ncc(-c2ccc(-c3ccc4c(c3)OCCCCC/C=C/COC3CC(c5ncc-4[nH]5)N(C=O)C3)cc2)[nH]1. The van der Waals surface area contributed by atoms with E-state index in [4.69, 9.17) is 14.5 Å². The number of fused-ring (bicyclic) bond motifs is 7. The summed E-state index contributed by atoms with van der Waals surface area (Å²) in [4.78, 5) is 43.1. The quantitative estimate of drug-likeness (QED) is 0.167. The van der Waals surface area contributed by atoms with Crippen LogP contribution in [0.15, 0.2) is 67.0 Å². The highest BCUT2D eigenvalue weighted by Crippen LogP contribution is 2.37. The topological polar surface area (TPSA) is 116 Å². The average molecular weight is 665 g/mol. The Morgan fingerprint density at radius 3 is 2.33 bits per heavy atom. The number of nitrogens with one attached hydrogen (secondary N) is 2. The highest BCUT2D eigenvalue weighted by Gasteiger charge is 2.35. The number of carbonyl (C=O) groups is 2. The fourth-order valence-corrected chi connectivity index (χ4v) is 6.82. The van der Waals surface area contributed by atoms with E-state index >= 15 is 0 Å². The van der Waals surface area contributed by atoms with Crippen molar-refractivity contribution in [1.29, 1.82) is 0 Å². The zero-order valence-corrected chi connectivity index (χ0v) is 28.6. The number of rotatable bonds is 5. The third kappa shape index (κ3) is 8.13. The molecule has 2 amide bonds. The van der Waals surface area contributed by atoms with Crippen LogP contribution in [0.5, 0.6) is 5.75 Å². The first-order valence-corrected chi connectivity index (χ1v) is 17.8. The van der Waals surface area contributed by atoms with E-state index in [1.54, 1.807) is 4.90 Å². The summed E-state index contributed by atoms with van der Waals surface area (Å²) in [6.45, 7) is 6.76. The number of benzene rings is 2. The molecule has 2 N–H and O–H groups in total. The van der Waals surface area contributed by atoms with E-state index in [0.29, 0.717) is 26.2 Å². The van der Waals surface area contributed by atoms with Crippen LogP contribution >= 0.6 is 0 Å². The van der Waals surface area contributed by atoms with Gasteiger partial charge in [-0.2, -0.15) is 0 Å². The number of H-pyrrole nitrogens is 2. The molecule has 10 heteroatoms. The number of ether oxygens (including phenoxy) is 2. The Morgan fingerprint density at radius 1 is 0.816 bits per heavy atom. The Bertz CT molecular complexity index is 1700. The highest BCUT2D eigenvalue weighted by atomic mass is 16.5. The molecule has 0 saturated carbocycles. The molecule has 49 heavy (non-hydrogen) atoms. The van der Waals surface area contributed by atoms with Gasteiger partial charge in [0.2, 0.25) is 12.8 Å². The smallest absolute Gasteiger partial charge is 0.210 e. The number of amides is 2. The molecule has 7 rings (SSSR count). The number of allylic oxidation sites excluding steroid dienone is 1. The van der Waals surface area contributed by atoms with E-state index in [1.807, 2.05) is 17.3 Å². The van der Waals surface area contributed by atoms with Crippen molar-refractivity contribution in [2.45, 2.75) is 83.4 Å². The normalized spacial score (nSPS) is 21.8. The Kier molecular flexibility index (Phi) is 11.6. The van der Waals surface area contributed by atoms with E-state index < -0.39 is 0 Å². The summed E-state index contributed by atoms with van der Waals surface area (Å²) in [7, 11) is 0. The van der Waals surface area contributed by atoms with Gasteiger partial charge in [-0.15, -0.1) is 0 Å². The zero-order chi connectivity index (χ0) is 34.0. The number of carbonyl (C=O) groups excluding carboxylic acids is 2. The van der Waals surface area contributed by atoms with Crippen molar-refractivity contribution in [3.05, 3.63) is 78.7 Å². The van der Waals surface area contributed by atoms with Gasteiger partial charge >= 0.3 is 0 Å². The van der Waals surface area contributed by atoms with Gasteiger partial charge < -0.3 is 29.2 Å². The van der Waals surface area contributed by atoms with Crippen molar-refractivity contribution < 1.29 is 19.1 Å². The van der Waals surface area contributed by atoms with Crippen molar-refractivity contribution in [3.63, 3.8) is 0 Å². The van der Waals surface area contributed by atoms with E-state index in [2.05, 4.69) is 83.4 Å². The maximum Gasteiger partial charge on any atom is 0.210 e. The lowest BCUT2D eigenvalue weighted by atomic mass is 10.00. The molecule has 2 aromatic carbocycles. The van der Waals surface area contributed by atoms with Crippen molar-refractivity contribution >= 4 is 12.8 Å². The van der Waals surface area contributed by atoms with Crippen molar-refractivity contribution in [1.82, 2.24) is 29.7 Å². The summed E-state index contributed by atoms with van der Waals surface area (Å²) in [5, 5.41) is 0. The molecular weight excluding hydrogens is 616 g/mol. The van der Waals surface area contributed by atoms with Crippen molar-refractivity contribution in [2.24, 2.45) is 0 Å². The summed E-state index contributed by atoms with van der Waals surface area (Å²) in [5.41, 5.74) is 5.90. The lowest BCUT2D eigenvalue weighted by Crippen LogP contribution is -2.24. The molecule has 5 heterocycles. The summed E-state index contributed by atoms with van der Waals surface area (Å²) >= 11 is 0. The minimum Gasteiger partial charge on any atom is -0.493 e. The Balaban J connectivity index is 0.00000134. The van der Waals surface area contributed by atoms with Gasteiger partial charge in [0.15, 0.2) is 0 Å². The molecule has 3 unspecified atom stereocenters. The van der Waals surface area contributed by atoms with Gasteiger partial charge in [-0.05, 0) is 67.3 Å². The Labute approximate surface area is 288 Å². The van der Waals surface area contributed by atoms with Crippen LogP contribution in [0.1, 0.15) is 88.9 Å². The van der Waals surface area contributed by atoms with E-state index in [-0.39, 0.29) is 18.2 Å². The molecule has 10 nitrogen and oxygen atoms in total. The molecule has 2 saturated heterocycles. The number of imidazole rings is 2. The van der Waals surface area contributed by atoms with Crippen LogP contribution in [0.25, 0.3) is 33.6 Å². The van der Waals surface area contributed by atoms with Crippen LogP contribution in [0, 0.1) is 0 Å². The van der Waals surface area contributed by atoms with Gasteiger partial charge in [-0.3, -0.25) is 9.59 Å². The predicted octanol–water partition coefficient (Wildman–Crippen LogP) is 7.64. The molecule has 3 atom stereocenters. The maximum absolute atomic E-state index is 11.9. The fourth-order valence-electron chi connectivity index (χ4n) is 6.82. The summed E-state index contributed by atoms with van der Waals surface area (Å²) in [6, 6.07) is 14.6. The molecule has 0 aliphatic carbocycles. The van der Waals surface area contributed by atoms with Crippen LogP contribution < -0.4 is 4.74 Å². The molecule has 3 aliphatic heterocycles. The number of aromatic amines is 2. The molecule has 0 radical (unpaired) electrons. The second-order valence-corrected chi connectivity index (χ2v) is 13.0. The number of nitrogens with zero attached hydrogens (tertiary/aromatic N) is 4. The van der Waals surface area contributed by atoms with Gasteiger partial charge in [0, 0.05) is 25.1 Å². The first-order chi connectivity index (χ1) is 24.1. The van der Waals surface area contributed by atoms with E-state index in [0.717, 1.165) is 109 Å². The molecule has 0 spiro atoms. The second-order valence-electron chi connectivity index (χ2n) is 13.0. The fraction of sp³-hybridized carbons (Fsp3) is 0.436. The van der Waals surface area contributed by atoms with E-state index in [9.17, 15) is 9.59 Å². The third-order valence-electron chi connectivity index (χ3n) is 9.36. The summed E-state index contributed by atoms with van der Waals surface area (Å²) < 4.78 is 12.5. The van der Waals surface area contributed by atoms with Gasteiger partial charge in [-0.25, -0.2) is 9.97 Å². The van der Waals surface area contributed by atoms with Crippen molar-refractivity contribution in [2.75, 3.05) is 26.3 Å². The summed E-state index contributed by atoms with van der Waals surface area (Å²) in [5.74, 6) is 2.39. The predicted molar refractivity (Wildman–Crippen MR) is 191 cm³/mol. The second kappa shape index (κ2) is 16.6. The van der Waals surface area contributed by atoms with E-state index in [1.165, 1.54) is 6.42 Å². The lowest BCUT2D eigenvalue weighted by molar-refractivity contribution is -0.120. The van der Waals surface area contributed by atoms with Gasteiger partial charge in [-0.1, -0.05) is 62.8 Å². The van der Waals surface area contributed by atoms with Crippen LogP contribution in [-0.4, -0.2) is 75.0 Å². The molecule has 2 aromatic heterocycles. The number of hydrogen-bond acceptors (Lipinski definition) is 6. The van der Waals surface area contributed by atoms with Crippen molar-refractivity contribution in [3.8, 4) is 39.4 Å². The van der Waals surface area contributed by atoms with Crippen LogP contribution in [0.3, 0.4) is 0 Å². The standard InChI is InChI=1S/C36H40N6O4.C3H8/c43-23-41-15-7-8-32(41)35-37-20-30(39-35)26-11-9-25(10-12-26)27-13-14-29-31-21-38-36(40-31)33-19-28(22-42(33)24-44)45-16-5-3-1-2-4-6-17-46-34(29)18-27;1-3-2/h3,5,9-14,18,20-21,23-24,28,32-33H,1-2,4,6-8,15-17,19,22H2,(H,37,39)(H,38,40);3H2,1-2H3/b5-3+;. The van der Waals surface area contributed by atoms with Gasteiger partial charge in [0.25, 0.3) is 0 Å². The largest absolute Gasteiger partial charge is 0.493 e. The molecule has 4 aromatic rings. The Hall–Kier alpha value is -4.70. The Morgan fingerprint density at radius 2 is 1.53 bits per heavy atom. The van der Waals surface area contributed by atoms with Crippen LogP contribution in [0.4, 0.5) is 0 Å². The van der Waals surface area contributed by atoms with Gasteiger partial charge in [0.05, 0.1) is 55.2 Å². The third-order valence-corrected chi connectivity index (χ3v) is 9.36. The maximum atomic E-state index is 11.9. The molecule has 258 valence electrons. The zero-order valence-electron chi connectivity index (χ0n) is 28.6. The van der Waals surface area contributed by atoms with Gasteiger partial charge in [0.1, 0.15) is 17.4 Å². The molecule has 2 fully saturated rings. The van der Waals surface area contributed by atoms with Crippen LogP contribution in [-0.2, 0) is 14.3 Å². The highest BCUT2D eigenvalue weighted by molar-refractivity contribution is 5.76.